The fourth-order valence-corrected chi connectivity index (χ4v) is 5.35. The second-order valence-corrected chi connectivity index (χ2v) is 9.80. The van der Waals surface area contributed by atoms with Crippen LogP contribution >= 0.6 is 0 Å². The number of carbonyl (C=O) groups is 1. The van der Waals surface area contributed by atoms with Crippen molar-refractivity contribution in [3.8, 4) is 5.75 Å². The van der Waals surface area contributed by atoms with Crippen molar-refractivity contribution < 1.29 is 9.53 Å². The summed E-state index contributed by atoms with van der Waals surface area (Å²) in [6.07, 6.45) is 5.13. The molecule has 37 heavy (non-hydrogen) atoms. The van der Waals surface area contributed by atoms with Crippen molar-refractivity contribution >= 4 is 16.9 Å². The maximum atomic E-state index is 13.1. The Kier molecular flexibility index (Phi) is 7.69. The molecule has 2 heterocycles. The first-order valence-electron chi connectivity index (χ1n) is 13.3. The Balaban J connectivity index is 1.27. The number of para-hydroxylation sites is 3. The van der Waals surface area contributed by atoms with E-state index in [0.717, 1.165) is 48.4 Å². The third-order valence-corrected chi connectivity index (χ3v) is 7.33. The summed E-state index contributed by atoms with van der Waals surface area (Å²) in [6.45, 7) is 8.18. The molecule has 2 atom stereocenters. The van der Waals surface area contributed by atoms with Crippen molar-refractivity contribution in [2.45, 2.75) is 51.1 Å². The molecule has 5 rings (SSSR count). The standard InChI is InChI=1S/C32H35N3O2/c1-3-13-26-16-7-10-19-30(26)37-21-12-11-20-34-29-18-9-8-17-28(29)33-32(34)27-22-31(36)35(23-27)24(2)25-14-5-4-6-15-25/h3-10,14-19,24,27H,1,11-13,20-23H2,2H3. The number of fused-ring (bicyclic) bond motifs is 1. The van der Waals surface area contributed by atoms with Crippen LogP contribution in [0.25, 0.3) is 11.0 Å². The molecule has 0 radical (unpaired) electrons. The van der Waals surface area contributed by atoms with E-state index in [4.69, 9.17) is 9.72 Å². The number of benzene rings is 3. The molecule has 1 aliphatic heterocycles. The summed E-state index contributed by atoms with van der Waals surface area (Å²) in [5, 5.41) is 0. The van der Waals surface area contributed by atoms with Crippen molar-refractivity contribution in [2.24, 2.45) is 0 Å². The summed E-state index contributed by atoms with van der Waals surface area (Å²) < 4.78 is 8.43. The predicted molar refractivity (Wildman–Crippen MR) is 149 cm³/mol. The van der Waals surface area contributed by atoms with Gasteiger partial charge in [-0.25, -0.2) is 4.98 Å². The van der Waals surface area contributed by atoms with E-state index in [1.807, 2.05) is 53.4 Å². The van der Waals surface area contributed by atoms with Gasteiger partial charge in [0.2, 0.25) is 5.91 Å². The SMILES string of the molecule is C=CCc1ccccc1OCCCCn1c(C2CC(=O)N(C(C)c3ccccc3)C2)nc2ccccc21. The van der Waals surface area contributed by atoms with Gasteiger partial charge in [0.15, 0.2) is 0 Å². The maximum Gasteiger partial charge on any atom is 0.223 e. The normalized spacial score (nSPS) is 16.3. The molecule has 1 saturated heterocycles. The van der Waals surface area contributed by atoms with Crippen LogP contribution in [0.2, 0.25) is 0 Å². The second kappa shape index (κ2) is 11.5. The van der Waals surface area contributed by atoms with E-state index < -0.39 is 0 Å². The van der Waals surface area contributed by atoms with Gasteiger partial charge in [-0.1, -0.05) is 66.7 Å². The van der Waals surface area contributed by atoms with Gasteiger partial charge in [0.1, 0.15) is 11.6 Å². The number of amides is 1. The molecule has 0 saturated carbocycles. The molecule has 1 aromatic heterocycles. The zero-order valence-electron chi connectivity index (χ0n) is 21.6. The van der Waals surface area contributed by atoms with Gasteiger partial charge in [0.05, 0.1) is 23.7 Å². The third-order valence-electron chi connectivity index (χ3n) is 7.33. The number of aromatic nitrogens is 2. The number of hydrogen-bond donors (Lipinski definition) is 0. The van der Waals surface area contributed by atoms with Crippen LogP contribution in [0.4, 0.5) is 0 Å². The maximum absolute atomic E-state index is 13.1. The number of carbonyl (C=O) groups excluding carboxylic acids is 1. The lowest BCUT2D eigenvalue weighted by molar-refractivity contribution is -0.129. The van der Waals surface area contributed by atoms with Crippen molar-refractivity contribution in [3.05, 3.63) is 108 Å². The largest absolute Gasteiger partial charge is 0.493 e. The van der Waals surface area contributed by atoms with Gasteiger partial charge < -0.3 is 14.2 Å². The number of nitrogens with zero attached hydrogens (tertiary/aromatic N) is 3. The molecule has 0 spiro atoms. The Bertz CT molecular complexity index is 1360. The first kappa shape index (κ1) is 24.8. The fourth-order valence-electron chi connectivity index (χ4n) is 5.35. The highest BCUT2D eigenvalue weighted by Gasteiger charge is 2.36. The van der Waals surface area contributed by atoms with Crippen LogP contribution in [0.1, 0.15) is 55.1 Å². The molecule has 0 aliphatic carbocycles. The molecular formula is C32H35N3O2. The molecule has 1 fully saturated rings. The zero-order valence-corrected chi connectivity index (χ0v) is 21.6. The molecule has 2 unspecified atom stereocenters. The minimum Gasteiger partial charge on any atom is -0.493 e. The zero-order chi connectivity index (χ0) is 25.6. The van der Waals surface area contributed by atoms with Crippen LogP contribution in [0.3, 0.4) is 0 Å². The molecular weight excluding hydrogens is 458 g/mol. The Hall–Kier alpha value is -3.86. The molecule has 0 N–H and O–H groups in total. The summed E-state index contributed by atoms with van der Waals surface area (Å²) in [5.41, 5.74) is 4.46. The first-order chi connectivity index (χ1) is 18.2. The number of allylic oxidation sites excluding steroid dienone is 1. The third kappa shape index (κ3) is 5.46. The minimum absolute atomic E-state index is 0.0534. The van der Waals surface area contributed by atoms with E-state index in [1.165, 1.54) is 11.1 Å². The van der Waals surface area contributed by atoms with E-state index in [-0.39, 0.29) is 17.9 Å². The van der Waals surface area contributed by atoms with Gasteiger partial charge in [-0.3, -0.25) is 4.79 Å². The lowest BCUT2D eigenvalue weighted by atomic mass is 10.1. The molecule has 1 amide bonds. The van der Waals surface area contributed by atoms with Crippen molar-refractivity contribution in [3.63, 3.8) is 0 Å². The number of rotatable bonds is 11. The van der Waals surface area contributed by atoms with Gasteiger partial charge in [0.25, 0.3) is 0 Å². The van der Waals surface area contributed by atoms with E-state index >= 15 is 0 Å². The smallest absolute Gasteiger partial charge is 0.223 e. The van der Waals surface area contributed by atoms with Crippen LogP contribution in [0.15, 0.2) is 91.5 Å². The number of ether oxygens (including phenoxy) is 1. The van der Waals surface area contributed by atoms with Crippen LogP contribution in [-0.2, 0) is 17.8 Å². The molecule has 4 aromatic rings. The quantitative estimate of drug-likeness (QED) is 0.172. The number of imidazole rings is 1. The molecule has 5 heteroatoms. The summed E-state index contributed by atoms with van der Waals surface area (Å²) in [4.78, 5) is 20.1. The molecule has 3 aromatic carbocycles. The lowest BCUT2D eigenvalue weighted by Crippen LogP contribution is -2.28. The van der Waals surface area contributed by atoms with E-state index in [0.29, 0.717) is 19.6 Å². The average molecular weight is 494 g/mol. The topological polar surface area (TPSA) is 47.4 Å². The summed E-state index contributed by atoms with van der Waals surface area (Å²) in [6, 6.07) is 26.8. The number of unbranched alkanes of at least 4 members (excludes halogenated alkanes) is 1. The number of likely N-dealkylation sites (tertiary alicyclic amines) is 1. The first-order valence-corrected chi connectivity index (χ1v) is 13.3. The summed E-state index contributed by atoms with van der Waals surface area (Å²) in [5.74, 6) is 2.25. The van der Waals surface area contributed by atoms with E-state index in [2.05, 4.69) is 54.5 Å². The average Bonchev–Trinajstić information content (AvgIpc) is 3.50. The Morgan fingerprint density at radius 1 is 1.03 bits per heavy atom. The van der Waals surface area contributed by atoms with Gasteiger partial charge in [-0.05, 0) is 55.5 Å². The molecule has 1 aliphatic rings. The Labute approximate surface area is 219 Å². The molecule has 190 valence electrons. The van der Waals surface area contributed by atoms with Crippen LogP contribution < -0.4 is 4.74 Å². The van der Waals surface area contributed by atoms with Gasteiger partial charge in [0, 0.05) is 25.4 Å². The van der Waals surface area contributed by atoms with Crippen LogP contribution in [-0.4, -0.2) is 33.5 Å². The number of aryl methyl sites for hydroxylation is 1. The van der Waals surface area contributed by atoms with Crippen molar-refractivity contribution in [1.29, 1.82) is 0 Å². The van der Waals surface area contributed by atoms with Crippen molar-refractivity contribution in [1.82, 2.24) is 14.5 Å². The second-order valence-electron chi connectivity index (χ2n) is 9.80. The molecule has 0 bridgehead atoms. The monoisotopic (exact) mass is 493 g/mol. The Morgan fingerprint density at radius 2 is 1.78 bits per heavy atom. The van der Waals surface area contributed by atoms with Crippen LogP contribution in [0.5, 0.6) is 5.75 Å². The van der Waals surface area contributed by atoms with E-state index in [1.54, 1.807) is 0 Å². The predicted octanol–water partition coefficient (Wildman–Crippen LogP) is 6.70. The highest BCUT2D eigenvalue weighted by atomic mass is 16.5. The molecule has 5 nitrogen and oxygen atoms in total. The minimum atomic E-state index is 0.0534. The highest BCUT2D eigenvalue weighted by molar-refractivity contribution is 5.81. The highest BCUT2D eigenvalue weighted by Crippen LogP contribution is 2.35. The fraction of sp³-hybridized carbons (Fsp3) is 0.312. The summed E-state index contributed by atoms with van der Waals surface area (Å²) in [7, 11) is 0. The van der Waals surface area contributed by atoms with Gasteiger partial charge in [-0.15, -0.1) is 6.58 Å². The van der Waals surface area contributed by atoms with Crippen LogP contribution in [0, 0.1) is 0 Å². The van der Waals surface area contributed by atoms with Gasteiger partial charge >= 0.3 is 0 Å². The van der Waals surface area contributed by atoms with Crippen molar-refractivity contribution in [2.75, 3.05) is 13.2 Å². The number of hydrogen-bond acceptors (Lipinski definition) is 3. The summed E-state index contributed by atoms with van der Waals surface area (Å²) >= 11 is 0. The van der Waals surface area contributed by atoms with Gasteiger partial charge in [-0.2, -0.15) is 0 Å². The van der Waals surface area contributed by atoms with E-state index in [9.17, 15) is 4.79 Å². The lowest BCUT2D eigenvalue weighted by Gasteiger charge is -2.25. The Morgan fingerprint density at radius 3 is 2.62 bits per heavy atom.